The van der Waals surface area contributed by atoms with Crippen LogP contribution in [-0.2, 0) is 19.7 Å². The average molecular weight is 324 g/mol. The van der Waals surface area contributed by atoms with Gasteiger partial charge >= 0.3 is 6.03 Å². The number of rotatable bonds is 2. The van der Waals surface area contributed by atoms with E-state index in [9.17, 15) is 21.6 Å². The van der Waals surface area contributed by atoms with Gasteiger partial charge in [-0.25, -0.2) is 21.6 Å². The van der Waals surface area contributed by atoms with Crippen LogP contribution in [0.4, 0.5) is 4.79 Å². The van der Waals surface area contributed by atoms with E-state index in [1.807, 2.05) is 0 Å². The molecular formula is C11H20N2O5S2. The van der Waals surface area contributed by atoms with Gasteiger partial charge in [-0.15, -0.1) is 0 Å². The molecule has 2 heterocycles. The number of hydrogen-bond acceptors (Lipinski definition) is 5. The number of urea groups is 1. The van der Waals surface area contributed by atoms with Crippen LogP contribution in [0.3, 0.4) is 0 Å². The SMILES string of the molecule is C[C@]1(NC(=O)N[C@@]2(C)CCS(=O)(=O)C2)CCS(=O)(=O)C1. The summed E-state index contributed by atoms with van der Waals surface area (Å²) in [6.45, 7) is 3.37. The summed E-state index contributed by atoms with van der Waals surface area (Å²) >= 11 is 0. The molecule has 2 aliphatic rings. The largest absolute Gasteiger partial charge is 0.332 e. The van der Waals surface area contributed by atoms with Crippen molar-refractivity contribution >= 4 is 25.7 Å². The number of hydrogen-bond donors (Lipinski definition) is 2. The van der Waals surface area contributed by atoms with Gasteiger partial charge in [0, 0.05) is 0 Å². The molecule has 2 aliphatic heterocycles. The van der Waals surface area contributed by atoms with Gasteiger partial charge in [-0.2, -0.15) is 0 Å². The second-order valence-electron chi connectivity index (χ2n) is 6.38. The minimum Gasteiger partial charge on any atom is -0.332 e. The Morgan fingerprint density at radius 3 is 1.45 bits per heavy atom. The van der Waals surface area contributed by atoms with Crippen LogP contribution in [0, 0.1) is 0 Å². The van der Waals surface area contributed by atoms with E-state index in [4.69, 9.17) is 0 Å². The Labute approximate surface area is 119 Å². The number of amides is 2. The van der Waals surface area contributed by atoms with Crippen molar-refractivity contribution in [2.45, 2.75) is 37.8 Å². The highest BCUT2D eigenvalue weighted by molar-refractivity contribution is 7.92. The van der Waals surface area contributed by atoms with Crippen LogP contribution in [-0.4, -0.2) is 57.0 Å². The molecule has 9 heteroatoms. The maximum atomic E-state index is 12.0. The standard InChI is InChI=1S/C11H20N2O5S2/c1-10(3-5-19(15,16)7-10)12-9(14)13-11(2)4-6-20(17,18)8-11/h3-8H2,1-2H3,(H2,12,13,14)/t10-,11-/m0/s1. The predicted octanol–water partition coefficient (Wildman–Crippen LogP) is -0.560. The number of carbonyl (C=O) groups excluding carboxylic acids is 1. The van der Waals surface area contributed by atoms with Gasteiger partial charge < -0.3 is 10.6 Å². The molecular weight excluding hydrogens is 304 g/mol. The predicted molar refractivity (Wildman–Crippen MR) is 75.0 cm³/mol. The van der Waals surface area contributed by atoms with Crippen molar-refractivity contribution in [1.29, 1.82) is 0 Å². The number of nitrogens with one attached hydrogen (secondary N) is 2. The molecule has 2 amide bonds. The first-order valence-corrected chi connectivity index (χ1v) is 10.1. The Morgan fingerprint density at radius 2 is 1.20 bits per heavy atom. The number of sulfone groups is 2. The van der Waals surface area contributed by atoms with Crippen LogP contribution in [0.2, 0.25) is 0 Å². The molecule has 0 aromatic rings. The van der Waals surface area contributed by atoms with Crippen LogP contribution in [0.5, 0.6) is 0 Å². The average Bonchev–Trinajstić information content (AvgIpc) is 2.62. The Bertz CT molecular complexity index is 573. The van der Waals surface area contributed by atoms with Gasteiger partial charge in [0.2, 0.25) is 0 Å². The molecule has 0 bridgehead atoms. The molecule has 0 aliphatic carbocycles. The normalized spacial score (nSPS) is 38.5. The van der Waals surface area contributed by atoms with Gasteiger partial charge in [0.15, 0.2) is 19.7 Å². The monoisotopic (exact) mass is 324 g/mol. The van der Waals surface area contributed by atoms with E-state index in [0.717, 1.165) is 0 Å². The summed E-state index contributed by atoms with van der Waals surface area (Å²) in [5, 5.41) is 5.33. The zero-order chi connectivity index (χ0) is 15.2. The Balaban J connectivity index is 1.97. The highest BCUT2D eigenvalue weighted by Gasteiger charge is 2.43. The van der Waals surface area contributed by atoms with Crippen LogP contribution < -0.4 is 10.6 Å². The highest BCUT2D eigenvalue weighted by atomic mass is 32.2. The van der Waals surface area contributed by atoms with Crippen LogP contribution in [0.1, 0.15) is 26.7 Å². The summed E-state index contributed by atoms with van der Waals surface area (Å²) in [6.07, 6.45) is 0.746. The summed E-state index contributed by atoms with van der Waals surface area (Å²) in [5.74, 6) is -0.0320. The smallest absolute Gasteiger partial charge is 0.315 e. The van der Waals surface area contributed by atoms with Gasteiger partial charge in [0.25, 0.3) is 0 Å². The fourth-order valence-electron chi connectivity index (χ4n) is 2.80. The maximum Gasteiger partial charge on any atom is 0.315 e. The third kappa shape index (κ3) is 3.63. The lowest BCUT2D eigenvalue weighted by molar-refractivity contribution is 0.220. The van der Waals surface area contributed by atoms with Crippen molar-refractivity contribution in [3.63, 3.8) is 0 Å². The lowest BCUT2D eigenvalue weighted by atomic mass is 10.0. The van der Waals surface area contributed by atoms with Gasteiger partial charge in [0.05, 0.1) is 34.1 Å². The summed E-state index contributed by atoms with van der Waals surface area (Å²) in [6, 6.07) is -0.510. The first-order valence-electron chi connectivity index (χ1n) is 6.44. The molecule has 2 saturated heterocycles. The third-order valence-corrected chi connectivity index (χ3v) is 7.64. The summed E-state index contributed by atoms with van der Waals surface area (Å²) in [5.41, 5.74) is -1.56. The molecule has 2 N–H and O–H groups in total. The molecule has 2 fully saturated rings. The molecule has 0 unspecified atom stereocenters. The second-order valence-corrected chi connectivity index (χ2v) is 10.8. The minimum atomic E-state index is -3.10. The second kappa shape index (κ2) is 4.59. The first-order chi connectivity index (χ1) is 8.93. The molecule has 20 heavy (non-hydrogen) atoms. The minimum absolute atomic E-state index is 0.0649. The van der Waals surface area contributed by atoms with E-state index in [0.29, 0.717) is 12.8 Å². The van der Waals surface area contributed by atoms with Crippen molar-refractivity contribution in [2.75, 3.05) is 23.0 Å². The number of carbonyl (C=O) groups is 1. The molecule has 116 valence electrons. The fraction of sp³-hybridized carbons (Fsp3) is 0.909. The van der Waals surface area contributed by atoms with E-state index in [1.165, 1.54) is 0 Å². The van der Waals surface area contributed by atoms with Crippen molar-refractivity contribution in [2.24, 2.45) is 0 Å². The lowest BCUT2D eigenvalue weighted by Gasteiger charge is -2.29. The third-order valence-electron chi connectivity index (χ3n) is 3.84. The van der Waals surface area contributed by atoms with E-state index in [-0.39, 0.29) is 23.0 Å². The lowest BCUT2D eigenvalue weighted by Crippen LogP contribution is -2.57. The Kier molecular flexibility index (Phi) is 3.57. The fourth-order valence-corrected chi connectivity index (χ4v) is 6.98. The zero-order valence-corrected chi connectivity index (χ0v) is 13.2. The summed E-state index contributed by atoms with van der Waals surface area (Å²) in [4.78, 5) is 12.0. The Hall–Kier alpha value is -0.830. The van der Waals surface area contributed by atoms with Crippen molar-refractivity contribution < 1.29 is 21.6 Å². The highest BCUT2D eigenvalue weighted by Crippen LogP contribution is 2.25. The van der Waals surface area contributed by atoms with E-state index in [2.05, 4.69) is 10.6 Å². The van der Waals surface area contributed by atoms with Gasteiger partial charge in [-0.1, -0.05) is 0 Å². The zero-order valence-electron chi connectivity index (χ0n) is 11.6. The van der Waals surface area contributed by atoms with Crippen LogP contribution >= 0.6 is 0 Å². The quantitative estimate of drug-likeness (QED) is 0.707. The van der Waals surface area contributed by atoms with Crippen LogP contribution in [0.15, 0.2) is 0 Å². The molecule has 0 aromatic carbocycles. The molecule has 0 saturated carbocycles. The van der Waals surface area contributed by atoms with Crippen molar-refractivity contribution in [1.82, 2.24) is 10.6 Å². The van der Waals surface area contributed by atoms with E-state index >= 15 is 0 Å². The molecule has 0 radical (unpaired) electrons. The van der Waals surface area contributed by atoms with Crippen molar-refractivity contribution in [3.8, 4) is 0 Å². The molecule has 0 aromatic heterocycles. The molecule has 2 rings (SSSR count). The van der Waals surface area contributed by atoms with Gasteiger partial charge in [-0.05, 0) is 26.7 Å². The maximum absolute atomic E-state index is 12.0. The van der Waals surface area contributed by atoms with Crippen LogP contribution in [0.25, 0.3) is 0 Å². The molecule has 0 spiro atoms. The van der Waals surface area contributed by atoms with Gasteiger partial charge in [0.1, 0.15) is 0 Å². The summed E-state index contributed by atoms with van der Waals surface area (Å²) in [7, 11) is -6.20. The molecule has 2 atom stereocenters. The Morgan fingerprint density at radius 1 is 0.850 bits per heavy atom. The topological polar surface area (TPSA) is 109 Å². The van der Waals surface area contributed by atoms with Crippen molar-refractivity contribution in [3.05, 3.63) is 0 Å². The van der Waals surface area contributed by atoms with E-state index in [1.54, 1.807) is 13.8 Å². The van der Waals surface area contributed by atoms with E-state index < -0.39 is 36.8 Å². The first kappa shape index (κ1) is 15.6. The molecule has 7 nitrogen and oxygen atoms in total. The summed E-state index contributed by atoms with van der Waals surface area (Å²) < 4.78 is 45.9. The van der Waals surface area contributed by atoms with Gasteiger partial charge in [-0.3, -0.25) is 0 Å².